The second-order valence-corrected chi connectivity index (χ2v) is 8.75. The van der Waals surface area contributed by atoms with Crippen molar-refractivity contribution in [1.82, 2.24) is 9.47 Å². The Bertz CT molecular complexity index is 1280. The van der Waals surface area contributed by atoms with Crippen molar-refractivity contribution in [1.29, 1.82) is 0 Å². The van der Waals surface area contributed by atoms with Crippen LogP contribution in [0.15, 0.2) is 65.6 Å². The predicted molar refractivity (Wildman–Crippen MR) is 136 cm³/mol. The van der Waals surface area contributed by atoms with E-state index < -0.39 is 0 Å². The first-order valence-corrected chi connectivity index (χ1v) is 11.7. The van der Waals surface area contributed by atoms with E-state index in [0.717, 1.165) is 31.9 Å². The van der Waals surface area contributed by atoms with Gasteiger partial charge in [-0.2, -0.15) is 0 Å². The van der Waals surface area contributed by atoms with Crippen LogP contribution in [0.25, 0.3) is 0 Å². The molecular formula is C27H29FN4O4. The zero-order chi connectivity index (χ0) is 25.7. The fourth-order valence-electron chi connectivity index (χ4n) is 4.22. The van der Waals surface area contributed by atoms with Gasteiger partial charge in [-0.25, -0.2) is 4.39 Å². The van der Waals surface area contributed by atoms with Crippen LogP contribution in [0.3, 0.4) is 0 Å². The number of Topliss-reactive ketones (excluding diaryl/α,β-unsaturated/α-hetero) is 1. The molecule has 0 spiro atoms. The van der Waals surface area contributed by atoms with Crippen molar-refractivity contribution in [2.75, 3.05) is 43.5 Å². The van der Waals surface area contributed by atoms with Gasteiger partial charge in [-0.15, -0.1) is 0 Å². The number of benzene rings is 2. The third-order valence-electron chi connectivity index (χ3n) is 6.24. The van der Waals surface area contributed by atoms with Gasteiger partial charge in [0, 0.05) is 61.4 Å². The summed E-state index contributed by atoms with van der Waals surface area (Å²) in [6, 6.07) is 14.7. The Balaban J connectivity index is 1.43. The lowest BCUT2D eigenvalue weighted by Gasteiger charge is -2.36. The maximum atomic E-state index is 13.2. The van der Waals surface area contributed by atoms with E-state index in [9.17, 15) is 18.8 Å². The van der Waals surface area contributed by atoms with Gasteiger partial charge in [-0.3, -0.25) is 19.3 Å². The molecule has 1 fully saturated rings. The first-order valence-electron chi connectivity index (χ1n) is 11.7. The summed E-state index contributed by atoms with van der Waals surface area (Å²) in [6.45, 7) is 5.03. The van der Waals surface area contributed by atoms with Crippen LogP contribution < -0.4 is 20.4 Å². The van der Waals surface area contributed by atoms with Gasteiger partial charge in [0.05, 0.1) is 13.3 Å². The smallest absolute Gasteiger partial charge is 0.244 e. The average molecular weight is 493 g/mol. The lowest BCUT2D eigenvalue weighted by atomic mass is 10.1. The van der Waals surface area contributed by atoms with Crippen molar-refractivity contribution >= 4 is 23.1 Å². The highest BCUT2D eigenvalue weighted by atomic mass is 19.1. The van der Waals surface area contributed by atoms with Crippen LogP contribution in [0, 0.1) is 5.82 Å². The quantitative estimate of drug-likeness (QED) is 0.487. The van der Waals surface area contributed by atoms with Crippen molar-refractivity contribution in [3.8, 4) is 5.75 Å². The van der Waals surface area contributed by atoms with Crippen LogP contribution in [0.4, 0.5) is 15.8 Å². The van der Waals surface area contributed by atoms with E-state index in [2.05, 4.69) is 15.1 Å². The number of carbonyl (C=O) groups is 2. The van der Waals surface area contributed by atoms with Crippen LogP contribution >= 0.6 is 0 Å². The van der Waals surface area contributed by atoms with Gasteiger partial charge in [0.2, 0.25) is 11.3 Å². The number of amides is 1. The molecular weight excluding hydrogens is 463 g/mol. The number of piperazine rings is 1. The normalized spacial score (nSPS) is 13.9. The Kier molecular flexibility index (Phi) is 7.80. The van der Waals surface area contributed by atoms with Crippen molar-refractivity contribution in [3.05, 3.63) is 88.1 Å². The first kappa shape index (κ1) is 25.1. The topological polar surface area (TPSA) is 83.9 Å². The molecule has 3 aromatic rings. The van der Waals surface area contributed by atoms with Crippen molar-refractivity contribution in [2.45, 2.75) is 20.0 Å². The number of hydrogen-bond donors (Lipinski definition) is 1. The molecule has 9 heteroatoms. The molecule has 0 bridgehead atoms. The Labute approximate surface area is 208 Å². The Morgan fingerprint density at radius 2 is 1.67 bits per heavy atom. The van der Waals surface area contributed by atoms with Gasteiger partial charge >= 0.3 is 0 Å². The molecule has 1 N–H and O–H groups in total. The van der Waals surface area contributed by atoms with Gasteiger partial charge in [0.15, 0.2) is 11.5 Å². The van der Waals surface area contributed by atoms with Crippen molar-refractivity contribution < 1.29 is 18.7 Å². The number of aromatic nitrogens is 1. The summed E-state index contributed by atoms with van der Waals surface area (Å²) in [5, 5.41) is 2.83. The van der Waals surface area contributed by atoms with Crippen LogP contribution in [-0.4, -0.2) is 54.4 Å². The summed E-state index contributed by atoms with van der Waals surface area (Å²) < 4.78 is 20.2. The van der Waals surface area contributed by atoms with E-state index in [-0.39, 0.29) is 35.2 Å². The Morgan fingerprint density at radius 1 is 1.00 bits per heavy atom. The molecule has 0 saturated carbocycles. The second kappa shape index (κ2) is 11.2. The van der Waals surface area contributed by atoms with E-state index in [1.54, 1.807) is 47.2 Å². The predicted octanol–water partition coefficient (Wildman–Crippen LogP) is 3.16. The van der Waals surface area contributed by atoms with Gasteiger partial charge in [0.25, 0.3) is 0 Å². The number of ketones is 1. The van der Waals surface area contributed by atoms with Crippen LogP contribution in [0.2, 0.25) is 0 Å². The summed E-state index contributed by atoms with van der Waals surface area (Å²) in [7, 11) is 1.42. The van der Waals surface area contributed by atoms with Crippen molar-refractivity contribution in [2.24, 2.45) is 0 Å². The molecule has 1 saturated heterocycles. The van der Waals surface area contributed by atoms with E-state index in [4.69, 9.17) is 4.74 Å². The number of pyridine rings is 1. The molecule has 0 unspecified atom stereocenters. The number of methoxy groups -OCH3 is 1. The summed E-state index contributed by atoms with van der Waals surface area (Å²) in [5.74, 6) is -0.402. The maximum Gasteiger partial charge on any atom is 0.244 e. The molecule has 8 nitrogen and oxygen atoms in total. The van der Waals surface area contributed by atoms with Gasteiger partial charge in [-0.05, 0) is 55.5 Å². The molecule has 1 aliphatic heterocycles. The highest BCUT2D eigenvalue weighted by Gasteiger charge is 2.20. The SMILES string of the molecule is COc1cn(CC(=O)Nc2ccc(C(C)=O)cc2)c(CN2CCN(c3ccc(F)cc3)CC2)cc1=O. The van der Waals surface area contributed by atoms with Crippen LogP contribution in [-0.2, 0) is 17.9 Å². The number of carbonyl (C=O) groups excluding carboxylic acids is 2. The van der Waals surface area contributed by atoms with E-state index in [0.29, 0.717) is 23.5 Å². The van der Waals surface area contributed by atoms with Gasteiger partial charge in [0.1, 0.15) is 12.4 Å². The Hall–Kier alpha value is -3.98. The van der Waals surface area contributed by atoms with Gasteiger partial charge < -0.3 is 19.5 Å². The summed E-state index contributed by atoms with van der Waals surface area (Å²) in [4.78, 5) is 41.1. The largest absolute Gasteiger partial charge is 0.491 e. The number of nitrogens with one attached hydrogen (secondary N) is 1. The molecule has 2 aromatic carbocycles. The minimum absolute atomic E-state index is 0.00399. The zero-order valence-electron chi connectivity index (χ0n) is 20.4. The van der Waals surface area contributed by atoms with Crippen LogP contribution in [0.1, 0.15) is 23.0 Å². The molecule has 1 amide bonds. The molecule has 2 heterocycles. The third kappa shape index (κ3) is 6.17. The molecule has 188 valence electrons. The molecule has 0 atom stereocenters. The number of anilines is 2. The highest BCUT2D eigenvalue weighted by Crippen LogP contribution is 2.18. The van der Waals surface area contributed by atoms with E-state index in [1.165, 1.54) is 32.2 Å². The second-order valence-electron chi connectivity index (χ2n) is 8.75. The van der Waals surface area contributed by atoms with Gasteiger partial charge in [-0.1, -0.05) is 0 Å². The fourth-order valence-corrected chi connectivity index (χ4v) is 4.22. The molecule has 0 radical (unpaired) electrons. The average Bonchev–Trinajstić information content (AvgIpc) is 2.87. The van der Waals surface area contributed by atoms with Crippen LogP contribution in [0.5, 0.6) is 5.75 Å². The fraction of sp³-hybridized carbons (Fsp3) is 0.296. The van der Waals surface area contributed by atoms with E-state index in [1.807, 2.05) is 0 Å². The summed E-state index contributed by atoms with van der Waals surface area (Å²) in [6.07, 6.45) is 1.56. The van der Waals surface area contributed by atoms with E-state index >= 15 is 0 Å². The summed E-state index contributed by atoms with van der Waals surface area (Å²) >= 11 is 0. The maximum absolute atomic E-state index is 13.2. The zero-order valence-corrected chi connectivity index (χ0v) is 20.4. The molecule has 4 rings (SSSR count). The third-order valence-corrected chi connectivity index (χ3v) is 6.24. The number of nitrogens with zero attached hydrogens (tertiary/aromatic N) is 3. The monoisotopic (exact) mass is 492 g/mol. The minimum Gasteiger partial charge on any atom is -0.491 e. The first-order chi connectivity index (χ1) is 17.3. The minimum atomic E-state index is -0.265. The molecule has 1 aliphatic rings. The number of halogens is 1. The summed E-state index contributed by atoms with van der Waals surface area (Å²) in [5.41, 5.74) is 2.59. The highest BCUT2D eigenvalue weighted by molar-refractivity contribution is 5.95. The Morgan fingerprint density at radius 3 is 2.28 bits per heavy atom. The lowest BCUT2D eigenvalue weighted by Crippen LogP contribution is -2.46. The molecule has 0 aliphatic carbocycles. The number of hydrogen-bond acceptors (Lipinski definition) is 6. The lowest BCUT2D eigenvalue weighted by molar-refractivity contribution is -0.116. The molecule has 36 heavy (non-hydrogen) atoms. The standard InChI is InChI=1S/C27H29FN4O4/c1-19(33)20-3-7-22(8-4-20)29-27(35)18-32-17-26(36-2)25(34)15-24(32)16-30-11-13-31(14-12-30)23-9-5-21(28)6-10-23/h3-10,15,17H,11-14,16,18H2,1-2H3,(H,29,35). The number of rotatable bonds is 8. The molecule has 1 aromatic heterocycles. The number of ether oxygens (including phenoxy) is 1. The van der Waals surface area contributed by atoms with Crippen molar-refractivity contribution in [3.63, 3.8) is 0 Å².